The van der Waals surface area contributed by atoms with Gasteiger partial charge in [0.05, 0.1) is 6.54 Å². The van der Waals surface area contributed by atoms with Crippen molar-refractivity contribution < 1.29 is 14.3 Å². The first-order valence-electron chi connectivity index (χ1n) is 6.16. The minimum atomic E-state index is -0.513. The third-order valence-corrected chi connectivity index (χ3v) is 2.59. The quantitative estimate of drug-likeness (QED) is 0.297. The van der Waals surface area contributed by atoms with Crippen LogP contribution in [0.15, 0.2) is 36.0 Å². The lowest BCUT2D eigenvalue weighted by Gasteiger charge is -2.12. The van der Waals surface area contributed by atoms with E-state index in [4.69, 9.17) is 20.5 Å². The van der Waals surface area contributed by atoms with Crippen LogP contribution in [-0.2, 0) is 14.3 Å². The average molecular weight is 290 g/mol. The molecule has 0 spiro atoms. The molecule has 0 aliphatic rings. The van der Waals surface area contributed by atoms with Gasteiger partial charge in [-0.05, 0) is 24.3 Å². The van der Waals surface area contributed by atoms with Crippen LogP contribution in [0.1, 0.15) is 0 Å². The normalized spacial score (nSPS) is 11.0. The Morgan fingerprint density at radius 3 is 2.52 bits per heavy atom. The summed E-state index contributed by atoms with van der Waals surface area (Å²) >= 11 is 0. The summed E-state index contributed by atoms with van der Waals surface area (Å²) in [7, 11) is 3.00. The summed E-state index contributed by atoms with van der Waals surface area (Å²) in [6.07, 6.45) is 0.860. The Morgan fingerprint density at radius 1 is 1.38 bits per heavy atom. The molecule has 0 saturated heterocycles. The van der Waals surface area contributed by atoms with Gasteiger partial charge in [-0.1, -0.05) is 0 Å². The smallest absolute Gasteiger partial charge is 0.267 e. The molecule has 21 heavy (non-hydrogen) atoms. The first-order chi connectivity index (χ1) is 10.1. The summed E-state index contributed by atoms with van der Waals surface area (Å²) in [6, 6.07) is 8.45. The molecule has 0 aliphatic heterocycles. The number of nitrogen functional groups attached to an aromatic ring is 1. The van der Waals surface area contributed by atoms with Crippen LogP contribution in [0.5, 0.6) is 0 Å². The first-order valence-corrected chi connectivity index (χ1v) is 6.16. The summed E-state index contributed by atoms with van der Waals surface area (Å²) in [6.45, 7) is 0.313. The van der Waals surface area contributed by atoms with Crippen LogP contribution in [-0.4, -0.2) is 33.0 Å². The average Bonchev–Trinajstić information content (AvgIpc) is 2.50. The molecule has 1 aromatic rings. The lowest BCUT2D eigenvalue weighted by Crippen LogP contribution is -2.27. The van der Waals surface area contributed by atoms with Gasteiger partial charge in [-0.25, -0.2) is 0 Å². The Hall–Kier alpha value is -2.56. The van der Waals surface area contributed by atoms with E-state index in [1.807, 2.05) is 6.07 Å². The number of hydrogen-bond donors (Lipinski definition) is 3. The Bertz CT molecular complexity index is 530. The largest absolute Gasteiger partial charge is 0.399 e. The number of anilines is 2. The number of rotatable bonds is 7. The highest BCUT2D eigenvalue weighted by Crippen LogP contribution is 2.11. The van der Waals surface area contributed by atoms with Crippen LogP contribution in [0.3, 0.4) is 0 Å². The van der Waals surface area contributed by atoms with Gasteiger partial charge >= 0.3 is 0 Å². The second-order valence-electron chi connectivity index (χ2n) is 4.06. The highest BCUT2D eigenvalue weighted by Gasteiger charge is 2.10. The van der Waals surface area contributed by atoms with E-state index >= 15 is 0 Å². The Balaban J connectivity index is 2.60. The van der Waals surface area contributed by atoms with Gasteiger partial charge in [-0.2, -0.15) is 5.26 Å². The Morgan fingerprint density at radius 2 is 2.00 bits per heavy atom. The van der Waals surface area contributed by atoms with E-state index in [1.54, 1.807) is 24.3 Å². The van der Waals surface area contributed by atoms with Gasteiger partial charge < -0.3 is 25.8 Å². The van der Waals surface area contributed by atoms with Gasteiger partial charge in [-0.15, -0.1) is 0 Å². The molecule has 7 heteroatoms. The fraction of sp³-hybridized carbons (Fsp3) is 0.286. The van der Waals surface area contributed by atoms with Crippen molar-refractivity contribution in [1.29, 1.82) is 5.26 Å². The van der Waals surface area contributed by atoms with Gasteiger partial charge in [-0.3, -0.25) is 4.79 Å². The predicted octanol–water partition coefficient (Wildman–Crippen LogP) is 0.823. The molecule has 0 unspecified atom stereocenters. The summed E-state index contributed by atoms with van der Waals surface area (Å²) in [5.41, 5.74) is 6.65. The first kappa shape index (κ1) is 16.5. The van der Waals surface area contributed by atoms with Gasteiger partial charge in [0.15, 0.2) is 6.29 Å². The second kappa shape index (κ2) is 8.58. The van der Waals surface area contributed by atoms with E-state index in [-0.39, 0.29) is 5.57 Å². The van der Waals surface area contributed by atoms with Crippen molar-refractivity contribution in [1.82, 2.24) is 5.32 Å². The van der Waals surface area contributed by atoms with Crippen molar-refractivity contribution in [3.63, 3.8) is 0 Å². The van der Waals surface area contributed by atoms with Crippen molar-refractivity contribution in [3.8, 4) is 6.07 Å². The SMILES string of the molecule is COC(CN/C=C(/C#N)C(=O)Nc1ccc(N)cc1)OC. The van der Waals surface area contributed by atoms with Crippen molar-refractivity contribution in [2.75, 3.05) is 31.8 Å². The number of benzene rings is 1. The summed E-state index contributed by atoms with van der Waals surface area (Å²) in [4.78, 5) is 11.9. The summed E-state index contributed by atoms with van der Waals surface area (Å²) < 4.78 is 9.95. The number of carbonyl (C=O) groups is 1. The molecule has 0 aromatic heterocycles. The topological polar surface area (TPSA) is 109 Å². The second-order valence-corrected chi connectivity index (χ2v) is 4.06. The number of nitrogens with zero attached hydrogens (tertiary/aromatic N) is 1. The van der Waals surface area contributed by atoms with Crippen LogP contribution in [0, 0.1) is 11.3 Å². The number of methoxy groups -OCH3 is 2. The zero-order valence-corrected chi connectivity index (χ0v) is 11.9. The number of nitriles is 1. The maximum Gasteiger partial charge on any atom is 0.267 e. The van der Waals surface area contributed by atoms with Crippen LogP contribution in [0.25, 0.3) is 0 Å². The van der Waals surface area contributed by atoms with Crippen LogP contribution < -0.4 is 16.4 Å². The molecule has 0 aliphatic carbocycles. The lowest BCUT2D eigenvalue weighted by atomic mass is 10.2. The van der Waals surface area contributed by atoms with Gasteiger partial charge in [0.1, 0.15) is 11.6 Å². The molecule has 0 bridgehead atoms. The van der Waals surface area contributed by atoms with Gasteiger partial charge in [0.2, 0.25) is 0 Å². The number of amides is 1. The molecule has 7 nitrogen and oxygen atoms in total. The van der Waals surface area contributed by atoms with E-state index in [2.05, 4.69) is 10.6 Å². The molecular weight excluding hydrogens is 272 g/mol. The van der Waals surface area contributed by atoms with Gasteiger partial charge in [0, 0.05) is 31.8 Å². The maximum atomic E-state index is 11.9. The van der Waals surface area contributed by atoms with E-state index in [0.29, 0.717) is 17.9 Å². The molecule has 1 rings (SSSR count). The third kappa shape index (κ3) is 5.52. The summed E-state index contributed by atoms with van der Waals surface area (Å²) in [5, 5.41) is 14.4. The number of nitrogens with one attached hydrogen (secondary N) is 2. The zero-order valence-electron chi connectivity index (χ0n) is 11.9. The van der Waals surface area contributed by atoms with Crippen molar-refractivity contribution in [2.45, 2.75) is 6.29 Å². The number of hydrogen-bond acceptors (Lipinski definition) is 6. The van der Waals surface area contributed by atoms with Crippen LogP contribution >= 0.6 is 0 Å². The molecule has 0 atom stereocenters. The number of ether oxygens (including phenoxy) is 2. The van der Waals surface area contributed by atoms with Crippen molar-refractivity contribution in [2.24, 2.45) is 0 Å². The monoisotopic (exact) mass is 290 g/mol. The molecular formula is C14H18N4O3. The molecule has 0 heterocycles. The highest BCUT2D eigenvalue weighted by molar-refractivity contribution is 6.06. The minimum absolute atomic E-state index is 0.0576. The van der Waals surface area contributed by atoms with Crippen LogP contribution in [0.2, 0.25) is 0 Å². The third-order valence-electron chi connectivity index (χ3n) is 2.59. The number of carbonyl (C=O) groups excluding carboxylic acids is 1. The maximum absolute atomic E-state index is 11.9. The molecule has 1 amide bonds. The fourth-order valence-electron chi connectivity index (χ4n) is 1.43. The molecule has 0 radical (unpaired) electrons. The molecule has 112 valence electrons. The standard InChI is InChI=1S/C14H18N4O3/c1-20-13(21-2)9-17-8-10(7-15)14(19)18-12-5-3-11(16)4-6-12/h3-6,8,13,17H,9,16H2,1-2H3,(H,18,19)/b10-8-. The van der Waals surface area contributed by atoms with Crippen molar-refractivity contribution in [3.05, 3.63) is 36.0 Å². The number of nitrogens with two attached hydrogens (primary N) is 1. The molecule has 0 fully saturated rings. The van der Waals surface area contributed by atoms with E-state index in [0.717, 1.165) is 0 Å². The highest BCUT2D eigenvalue weighted by atomic mass is 16.7. The van der Waals surface area contributed by atoms with E-state index in [9.17, 15) is 4.79 Å². The lowest BCUT2D eigenvalue weighted by molar-refractivity contribution is -0.112. The van der Waals surface area contributed by atoms with Crippen molar-refractivity contribution >= 4 is 17.3 Å². The summed E-state index contributed by atoms with van der Waals surface area (Å²) in [5.74, 6) is -0.513. The van der Waals surface area contributed by atoms with Crippen LogP contribution in [0.4, 0.5) is 11.4 Å². The zero-order chi connectivity index (χ0) is 15.7. The molecule has 4 N–H and O–H groups in total. The Kier molecular flexibility index (Phi) is 6.74. The molecule has 0 saturated carbocycles. The fourth-order valence-corrected chi connectivity index (χ4v) is 1.43. The Labute approximate surface area is 123 Å². The van der Waals surface area contributed by atoms with E-state index in [1.165, 1.54) is 20.4 Å². The van der Waals surface area contributed by atoms with Gasteiger partial charge in [0.25, 0.3) is 5.91 Å². The predicted molar refractivity (Wildman–Crippen MR) is 79.0 cm³/mol. The van der Waals surface area contributed by atoms with E-state index < -0.39 is 12.2 Å². The minimum Gasteiger partial charge on any atom is -0.399 e. The molecule has 1 aromatic carbocycles.